The Labute approximate surface area is 213 Å². The topological polar surface area (TPSA) is 84.7 Å². The van der Waals surface area contributed by atoms with Gasteiger partial charge in [0.15, 0.2) is 0 Å². The Morgan fingerprint density at radius 3 is 2.69 bits per heavy atom. The van der Waals surface area contributed by atoms with Gasteiger partial charge in [0.1, 0.15) is 0 Å². The first-order chi connectivity index (χ1) is 17.3. The molecule has 0 aliphatic carbocycles. The summed E-state index contributed by atoms with van der Waals surface area (Å²) in [6.45, 7) is 6.16. The number of aromatic nitrogens is 2. The second-order valence-electron chi connectivity index (χ2n) is 9.14. The van der Waals surface area contributed by atoms with Crippen LogP contribution in [-0.2, 0) is 9.53 Å². The monoisotopic (exact) mass is 504 g/mol. The van der Waals surface area contributed by atoms with E-state index < -0.39 is 0 Å². The number of carbonyl (C=O) groups is 3. The van der Waals surface area contributed by atoms with Crippen molar-refractivity contribution in [1.82, 2.24) is 14.5 Å². The molecular formula is C27H28N4O4S. The van der Waals surface area contributed by atoms with Crippen LogP contribution in [0.15, 0.2) is 42.6 Å². The highest BCUT2D eigenvalue weighted by molar-refractivity contribution is 7.21. The number of amides is 2. The number of likely N-dealkylation sites (tertiary alicyclic amines) is 1. The highest BCUT2D eigenvalue weighted by Gasteiger charge is 2.31. The number of thiophene rings is 1. The number of ether oxygens (including phenoxy) is 1. The van der Waals surface area contributed by atoms with Gasteiger partial charge in [0.25, 0.3) is 5.91 Å². The zero-order valence-corrected chi connectivity index (χ0v) is 21.6. The molecule has 0 bridgehead atoms. The van der Waals surface area contributed by atoms with Crippen LogP contribution >= 0.6 is 11.3 Å². The van der Waals surface area contributed by atoms with Crippen LogP contribution in [0.25, 0.3) is 21.1 Å². The lowest BCUT2D eigenvalue weighted by atomic mass is 10.2. The van der Waals surface area contributed by atoms with E-state index in [1.807, 2.05) is 42.2 Å². The van der Waals surface area contributed by atoms with E-state index in [0.717, 1.165) is 34.1 Å². The number of rotatable bonds is 5. The van der Waals surface area contributed by atoms with Crippen LogP contribution in [0, 0.1) is 6.92 Å². The summed E-state index contributed by atoms with van der Waals surface area (Å²) in [6.07, 6.45) is 3.55. The van der Waals surface area contributed by atoms with Gasteiger partial charge in [-0.3, -0.25) is 28.8 Å². The summed E-state index contributed by atoms with van der Waals surface area (Å²) in [7, 11) is 1.65. The fourth-order valence-corrected chi connectivity index (χ4v) is 6.28. The summed E-state index contributed by atoms with van der Waals surface area (Å²) < 4.78 is 7.75. The van der Waals surface area contributed by atoms with E-state index in [1.54, 1.807) is 28.8 Å². The van der Waals surface area contributed by atoms with Crippen molar-refractivity contribution in [3.63, 3.8) is 0 Å². The molecule has 1 atom stereocenters. The van der Waals surface area contributed by atoms with Crippen molar-refractivity contribution in [1.29, 1.82) is 0 Å². The molecule has 2 amide bonds. The van der Waals surface area contributed by atoms with Gasteiger partial charge in [-0.05, 0) is 56.2 Å². The minimum absolute atomic E-state index is 0.0275. The summed E-state index contributed by atoms with van der Waals surface area (Å²) in [6, 6.07) is 11.2. The predicted molar refractivity (Wildman–Crippen MR) is 141 cm³/mol. The number of pyridine rings is 1. The summed E-state index contributed by atoms with van der Waals surface area (Å²) in [5, 5.41) is 0.872. The highest BCUT2D eigenvalue weighted by atomic mass is 32.1. The lowest BCUT2D eigenvalue weighted by molar-refractivity contribution is -0.115. The van der Waals surface area contributed by atoms with Crippen LogP contribution in [0.1, 0.15) is 46.8 Å². The molecular weight excluding hydrogens is 476 g/mol. The number of hydrogen-bond acceptors (Lipinski definition) is 6. The lowest BCUT2D eigenvalue weighted by Crippen LogP contribution is -2.37. The maximum Gasteiger partial charge on any atom is 0.264 e. The maximum absolute atomic E-state index is 13.4. The zero-order valence-electron chi connectivity index (χ0n) is 20.8. The van der Waals surface area contributed by atoms with Gasteiger partial charge in [-0.15, -0.1) is 11.3 Å². The number of carbonyl (C=O) groups excluding carboxylic acids is 3. The number of benzene rings is 1. The second-order valence-corrected chi connectivity index (χ2v) is 10.2. The Balaban J connectivity index is 1.57. The molecule has 1 aliphatic heterocycles. The first-order valence-electron chi connectivity index (χ1n) is 11.9. The van der Waals surface area contributed by atoms with Gasteiger partial charge >= 0.3 is 0 Å². The average molecular weight is 505 g/mol. The van der Waals surface area contributed by atoms with Crippen molar-refractivity contribution in [3.8, 4) is 0 Å². The van der Waals surface area contributed by atoms with Crippen LogP contribution in [-0.4, -0.2) is 58.5 Å². The van der Waals surface area contributed by atoms with Crippen LogP contribution in [0.3, 0.4) is 0 Å². The molecule has 3 aromatic heterocycles. The number of aryl methyl sites for hydroxylation is 1. The van der Waals surface area contributed by atoms with Crippen LogP contribution in [0.5, 0.6) is 0 Å². The Hall–Kier alpha value is -3.56. The Kier molecular flexibility index (Phi) is 6.36. The lowest BCUT2D eigenvalue weighted by Gasteiger charge is -2.23. The number of fused-ring (bicyclic) bond motifs is 2. The van der Waals surface area contributed by atoms with Gasteiger partial charge in [0.2, 0.25) is 11.8 Å². The molecule has 4 aromatic rings. The summed E-state index contributed by atoms with van der Waals surface area (Å²) in [5.74, 6) is -0.248. The Morgan fingerprint density at radius 1 is 1.17 bits per heavy atom. The second kappa shape index (κ2) is 9.48. The van der Waals surface area contributed by atoms with Crippen molar-refractivity contribution in [2.24, 2.45) is 0 Å². The SMILES string of the molecule is COCC1CCCN1C(=O)c1cc2nccc(N(C(C)=O)c3ccc4c(c3)cc(C)n4C(C)=O)c2s1. The molecule has 1 saturated heterocycles. The van der Waals surface area contributed by atoms with Gasteiger partial charge in [-0.1, -0.05) is 0 Å². The van der Waals surface area contributed by atoms with Crippen LogP contribution in [0.4, 0.5) is 11.4 Å². The molecule has 0 spiro atoms. The van der Waals surface area contributed by atoms with E-state index >= 15 is 0 Å². The van der Waals surface area contributed by atoms with Crippen molar-refractivity contribution >= 4 is 61.6 Å². The standard InChI is InChI=1S/C27H28N4O4S/c1-16-12-19-13-20(7-8-23(19)30(16)17(2)32)31(18(3)33)24-9-10-28-22-14-25(36-26(22)24)27(34)29-11-5-6-21(29)15-35-4/h7-10,12-14,21H,5-6,11,15H2,1-4H3. The Morgan fingerprint density at radius 2 is 1.97 bits per heavy atom. The molecule has 0 radical (unpaired) electrons. The molecule has 1 fully saturated rings. The van der Waals surface area contributed by atoms with Gasteiger partial charge in [-0.2, -0.15) is 0 Å². The highest BCUT2D eigenvalue weighted by Crippen LogP contribution is 2.38. The average Bonchev–Trinajstić information content (AvgIpc) is 3.54. The normalized spacial score (nSPS) is 15.7. The first kappa shape index (κ1) is 24.1. The molecule has 1 aliphatic rings. The van der Waals surface area contributed by atoms with Gasteiger partial charge < -0.3 is 9.64 Å². The van der Waals surface area contributed by atoms with Crippen LogP contribution in [0.2, 0.25) is 0 Å². The number of nitrogens with zero attached hydrogens (tertiary/aromatic N) is 4. The van der Waals surface area contributed by atoms with E-state index in [0.29, 0.717) is 34.9 Å². The molecule has 36 heavy (non-hydrogen) atoms. The maximum atomic E-state index is 13.4. The molecule has 8 nitrogen and oxygen atoms in total. The summed E-state index contributed by atoms with van der Waals surface area (Å²) in [4.78, 5) is 47.0. The third kappa shape index (κ3) is 4.08. The number of hydrogen-bond donors (Lipinski definition) is 0. The molecule has 5 rings (SSSR count). The fraction of sp³-hybridized carbons (Fsp3) is 0.333. The molecule has 0 N–H and O–H groups in total. The number of anilines is 2. The summed E-state index contributed by atoms with van der Waals surface area (Å²) in [5.41, 5.74) is 3.67. The van der Waals surface area contributed by atoms with Gasteiger partial charge in [0.05, 0.1) is 38.9 Å². The van der Waals surface area contributed by atoms with Crippen molar-refractivity contribution < 1.29 is 19.1 Å². The predicted octanol–water partition coefficient (Wildman–Crippen LogP) is 5.16. The quantitative estimate of drug-likeness (QED) is 0.375. The molecule has 0 saturated carbocycles. The van der Waals surface area contributed by atoms with E-state index in [4.69, 9.17) is 4.74 Å². The largest absolute Gasteiger partial charge is 0.383 e. The Bertz CT molecular complexity index is 1500. The third-order valence-electron chi connectivity index (χ3n) is 6.70. The molecule has 1 unspecified atom stereocenters. The minimum Gasteiger partial charge on any atom is -0.383 e. The van der Waals surface area contributed by atoms with Crippen LogP contribution < -0.4 is 4.90 Å². The van der Waals surface area contributed by atoms with Crippen molar-refractivity contribution in [2.45, 2.75) is 39.7 Å². The van der Waals surface area contributed by atoms with Gasteiger partial charge in [0, 0.05) is 50.5 Å². The number of methoxy groups -OCH3 is 1. The van der Waals surface area contributed by atoms with E-state index in [2.05, 4.69) is 4.98 Å². The van der Waals surface area contributed by atoms with E-state index in [-0.39, 0.29) is 23.8 Å². The van der Waals surface area contributed by atoms with Gasteiger partial charge in [-0.25, -0.2) is 0 Å². The minimum atomic E-state index is -0.162. The zero-order chi connectivity index (χ0) is 25.6. The summed E-state index contributed by atoms with van der Waals surface area (Å²) >= 11 is 1.36. The molecule has 186 valence electrons. The molecule has 9 heteroatoms. The van der Waals surface area contributed by atoms with Crippen molar-refractivity contribution in [3.05, 3.63) is 53.2 Å². The first-order valence-corrected chi connectivity index (χ1v) is 12.7. The van der Waals surface area contributed by atoms with E-state index in [9.17, 15) is 14.4 Å². The van der Waals surface area contributed by atoms with Crippen molar-refractivity contribution in [2.75, 3.05) is 25.2 Å². The smallest absolute Gasteiger partial charge is 0.264 e. The molecule has 1 aromatic carbocycles. The van der Waals surface area contributed by atoms with E-state index in [1.165, 1.54) is 25.2 Å². The molecule has 4 heterocycles. The fourth-order valence-electron chi connectivity index (χ4n) is 5.20. The third-order valence-corrected chi connectivity index (χ3v) is 7.83.